The van der Waals surface area contributed by atoms with Gasteiger partial charge in [0, 0.05) is 16.0 Å². The second kappa shape index (κ2) is 6.15. The maximum absolute atomic E-state index is 13.6. The van der Waals surface area contributed by atoms with Crippen LogP contribution < -0.4 is 4.74 Å². The van der Waals surface area contributed by atoms with Crippen molar-refractivity contribution in [3.05, 3.63) is 65.2 Å². The minimum Gasteiger partial charge on any atom is -0.496 e. The predicted octanol–water partition coefficient (Wildman–Crippen LogP) is 4.65. The van der Waals surface area contributed by atoms with Crippen LogP contribution in [0.1, 0.15) is 16.0 Å². The first-order valence-electron chi connectivity index (χ1n) is 5.83. The van der Waals surface area contributed by atoms with Gasteiger partial charge in [0.15, 0.2) is 0 Å². The summed E-state index contributed by atoms with van der Waals surface area (Å²) in [5.41, 5.74) is 0.947. The standard InChI is InChI=1S/C15H13BrF2O/c1-19-15-8-3-2-5-10(15)12(16)9-11-13(17)6-4-7-14(11)18/h2-8,12H,9H2,1H3. The largest absolute Gasteiger partial charge is 0.496 e. The summed E-state index contributed by atoms with van der Waals surface area (Å²) in [7, 11) is 1.57. The van der Waals surface area contributed by atoms with Crippen molar-refractivity contribution in [1.29, 1.82) is 0 Å². The first kappa shape index (κ1) is 14.0. The molecule has 1 nitrogen and oxygen atoms in total. The van der Waals surface area contributed by atoms with E-state index in [1.54, 1.807) is 7.11 Å². The Bertz CT molecular complexity index is 552. The van der Waals surface area contributed by atoms with Crippen LogP contribution in [0.15, 0.2) is 42.5 Å². The molecule has 4 heteroatoms. The molecule has 1 unspecified atom stereocenters. The molecule has 2 rings (SSSR count). The fourth-order valence-electron chi connectivity index (χ4n) is 1.94. The van der Waals surface area contributed by atoms with Gasteiger partial charge in [-0.3, -0.25) is 0 Å². The third-order valence-electron chi connectivity index (χ3n) is 2.92. The molecular weight excluding hydrogens is 314 g/mol. The highest BCUT2D eigenvalue weighted by Crippen LogP contribution is 2.34. The molecule has 0 aliphatic heterocycles. The van der Waals surface area contributed by atoms with Gasteiger partial charge < -0.3 is 4.74 Å². The van der Waals surface area contributed by atoms with Crippen LogP contribution in [0.2, 0.25) is 0 Å². The number of hydrogen-bond acceptors (Lipinski definition) is 1. The van der Waals surface area contributed by atoms with E-state index in [-0.39, 0.29) is 16.8 Å². The van der Waals surface area contributed by atoms with Crippen LogP contribution in [0.25, 0.3) is 0 Å². The Morgan fingerprint density at radius 3 is 2.32 bits per heavy atom. The number of hydrogen-bond donors (Lipinski definition) is 0. The van der Waals surface area contributed by atoms with Crippen molar-refractivity contribution in [2.75, 3.05) is 7.11 Å². The Morgan fingerprint density at radius 1 is 1.05 bits per heavy atom. The SMILES string of the molecule is COc1ccccc1C(Br)Cc1c(F)cccc1F. The number of alkyl halides is 1. The highest BCUT2D eigenvalue weighted by molar-refractivity contribution is 9.09. The van der Waals surface area contributed by atoms with Gasteiger partial charge in [-0.2, -0.15) is 0 Å². The minimum absolute atomic E-state index is 0.0790. The van der Waals surface area contributed by atoms with Crippen molar-refractivity contribution < 1.29 is 13.5 Å². The smallest absolute Gasteiger partial charge is 0.129 e. The van der Waals surface area contributed by atoms with E-state index in [0.29, 0.717) is 5.75 Å². The second-order valence-corrected chi connectivity index (χ2v) is 5.22. The fourth-order valence-corrected chi connectivity index (χ4v) is 2.64. The van der Waals surface area contributed by atoms with Crippen molar-refractivity contribution in [3.63, 3.8) is 0 Å². The Balaban J connectivity index is 2.28. The number of rotatable bonds is 4. The van der Waals surface area contributed by atoms with Crippen LogP contribution in [0, 0.1) is 11.6 Å². The van der Waals surface area contributed by atoms with Gasteiger partial charge in [0.25, 0.3) is 0 Å². The monoisotopic (exact) mass is 326 g/mol. The molecule has 2 aromatic rings. The van der Waals surface area contributed by atoms with Crippen molar-refractivity contribution in [2.24, 2.45) is 0 Å². The summed E-state index contributed by atoms with van der Waals surface area (Å²) in [6.45, 7) is 0. The predicted molar refractivity (Wildman–Crippen MR) is 74.7 cm³/mol. The van der Waals surface area contributed by atoms with Crippen LogP contribution in [-0.4, -0.2) is 7.11 Å². The lowest BCUT2D eigenvalue weighted by Gasteiger charge is -2.15. The summed E-state index contributed by atoms with van der Waals surface area (Å²) < 4.78 is 32.5. The molecule has 2 aromatic carbocycles. The van der Waals surface area contributed by atoms with Crippen LogP contribution in [-0.2, 0) is 6.42 Å². The summed E-state index contributed by atoms with van der Waals surface area (Å²) in [5, 5.41) is 0. The van der Waals surface area contributed by atoms with E-state index in [9.17, 15) is 8.78 Å². The molecule has 0 radical (unpaired) electrons. The summed E-state index contributed by atoms with van der Waals surface area (Å²) in [6.07, 6.45) is 0.221. The average Bonchev–Trinajstić information content (AvgIpc) is 2.42. The molecule has 0 aliphatic carbocycles. The number of halogens is 3. The molecule has 0 aliphatic rings. The Hall–Kier alpha value is -1.42. The Labute approximate surface area is 119 Å². The molecule has 0 spiro atoms. The third-order valence-corrected chi connectivity index (χ3v) is 3.74. The lowest BCUT2D eigenvalue weighted by molar-refractivity contribution is 0.409. The molecule has 19 heavy (non-hydrogen) atoms. The molecule has 0 saturated carbocycles. The van der Waals surface area contributed by atoms with E-state index in [4.69, 9.17) is 4.74 Å². The van der Waals surface area contributed by atoms with Crippen LogP contribution in [0.4, 0.5) is 8.78 Å². The van der Waals surface area contributed by atoms with Gasteiger partial charge in [-0.15, -0.1) is 0 Å². The van der Waals surface area contributed by atoms with E-state index in [2.05, 4.69) is 15.9 Å². The quantitative estimate of drug-likeness (QED) is 0.743. The van der Waals surface area contributed by atoms with Gasteiger partial charge in [0.05, 0.1) is 7.11 Å². The minimum atomic E-state index is -0.528. The first-order chi connectivity index (χ1) is 9.13. The molecule has 0 N–H and O–H groups in total. The molecule has 0 saturated heterocycles. The lowest BCUT2D eigenvalue weighted by atomic mass is 10.0. The molecule has 0 amide bonds. The van der Waals surface area contributed by atoms with Crippen LogP contribution in [0.3, 0.4) is 0 Å². The maximum Gasteiger partial charge on any atom is 0.129 e. The van der Waals surface area contributed by atoms with Gasteiger partial charge in [0.2, 0.25) is 0 Å². The summed E-state index contributed by atoms with van der Waals surface area (Å²) >= 11 is 3.47. The molecule has 0 aromatic heterocycles. The van der Waals surface area contributed by atoms with Gasteiger partial charge in [-0.25, -0.2) is 8.78 Å². The Kier molecular flexibility index (Phi) is 4.53. The molecular formula is C15H13BrF2O. The zero-order valence-electron chi connectivity index (χ0n) is 10.4. The van der Waals surface area contributed by atoms with Crippen LogP contribution in [0.5, 0.6) is 5.75 Å². The highest BCUT2D eigenvalue weighted by Gasteiger charge is 2.17. The van der Waals surface area contributed by atoms with Crippen molar-refractivity contribution in [1.82, 2.24) is 0 Å². The topological polar surface area (TPSA) is 9.23 Å². The number of benzene rings is 2. The van der Waals surface area contributed by atoms with Gasteiger partial charge >= 0.3 is 0 Å². The van der Waals surface area contributed by atoms with E-state index in [1.807, 2.05) is 24.3 Å². The fraction of sp³-hybridized carbons (Fsp3) is 0.200. The van der Waals surface area contributed by atoms with E-state index >= 15 is 0 Å². The average molecular weight is 327 g/mol. The lowest BCUT2D eigenvalue weighted by Crippen LogP contribution is -2.02. The zero-order valence-corrected chi connectivity index (χ0v) is 12.0. The number of methoxy groups -OCH3 is 1. The maximum atomic E-state index is 13.6. The van der Waals surface area contributed by atoms with Crippen molar-refractivity contribution >= 4 is 15.9 Å². The first-order valence-corrected chi connectivity index (χ1v) is 6.75. The summed E-state index contributed by atoms with van der Waals surface area (Å²) in [5.74, 6) is -0.361. The molecule has 0 heterocycles. The number of para-hydroxylation sites is 1. The van der Waals surface area contributed by atoms with E-state index in [0.717, 1.165) is 5.56 Å². The molecule has 0 fully saturated rings. The van der Waals surface area contributed by atoms with Crippen LogP contribution >= 0.6 is 15.9 Å². The highest BCUT2D eigenvalue weighted by atomic mass is 79.9. The zero-order chi connectivity index (χ0) is 13.8. The molecule has 100 valence electrons. The van der Waals surface area contributed by atoms with E-state index in [1.165, 1.54) is 18.2 Å². The van der Waals surface area contributed by atoms with Crippen molar-refractivity contribution in [3.8, 4) is 5.75 Å². The van der Waals surface area contributed by atoms with Gasteiger partial charge in [-0.05, 0) is 24.6 Å². The van der Waals surface area contributed by atoms with Crippen molar-refractivity contribution in [2.45, 2.75) is 11.2 Å². The van der Waals surface area contributed by atoms with E-state index < -0.39 is 11.6 Å². The summed E-state index contributed by atoms with van der Waals surface area (Å²) in [6, 6.07) is 11.3. The Morgan fingerprint density at radius 2 is 1.68 bits per heavy atom. The van der Waals surface area contributed by atoms with Gasteiger partial charge in [-0.1, -0.05) is 40.2 Å². The normalized spacial score (nSPS) is 12.2. The summed E-state index contributed by atoms with van der Waals surface area (Å²) in [4.78, 5) is -0.213. The molecule has 1 atom stereocenters. The number of ether oxygens (including phenoxy) is 1. The third kappa shape index (κ3) is 3.13. The molecule has 0 bridgehead atoms. The second-order valence-electron chi connectivity index (χ2n) is 4.11. The van der Waals surface area contributed by atoms with Gasteiger partial charge in [0.1, 0.15) is 17.4 Å².